The summed E-state index contributed by atoms with van der Waals surface area (Å²) in [5, 5.41) is 11.4. The van der Waals surface area contributed by atoms with Crippen molar-refractivity contribution in [3.63, 3.8) is 0 Å². The topological polar surface area (TPSA) is 158 Å². The summed E-state index contributed by atoms with van der Waals surface area (Å²) in [6, 6.07) is 8.93. The lowest BCUT2D eigenvalue weighted by molar-refractivity contribution is 0.103. The molecule has 39 heavy (non-hydrogen) atoms. The number of aryl methyl sites for hydroxylation is 1. The molecule has 3 aromatic heterocycles. The number of sulfonamides is 1. The summed E-state index contributed by atoms with van der Waals surface area (Å²) in [6.07, 6.45) is 2.83. The Balaban J connectivity index is 1.54. The minimum atomic E-state index is -3.89. The molecule has 0 amide bonds. The maximum Gasteiger partial charge on any atom is 0.232 e. The van der Waals surface area contributed by atoms with Gasteiger partial charge in [0.2, 0.25) is 15.8 Å². The molecule has 0 aliphatic carbocycles. The molecule has 0 unspecified atom stereocenters. The van der Waals surface area contributed by atoms with Crippen molar-refractivity contribution in [2.45, 2.75) is 20.3 Å². The van der Waals surface area contributed by atoms with Crippen LogP contribution in [-0.2, 0) is 10.0 Å². The van der Waals surface area contributed by atoms with Gasteiger partial charge in [0.25, 0.3) is 0 Å². The van der Waals surface area contributed by atoms with Gasteiger partial charge in [0.1, 0.15) is 29.4 Å². The highest BCUT2D eigenvalue weighted by Crippen LogP contribution is 2.31. The van der Waals surface area contributed by atoms with Crippen LogP contribution in [0.1, 0.15) is 35.1 Å². The number of halogens is 2. The van der Waals surface area contributed by atoms with Crippen LogP contribution in [0.25, 0.3) is 22.4 Å². The van der Waals surface area contributed by atoms with Gasteiger partial charge in [-0.1, -0.05) is 19.1 Å². The number of rotatable bonds is 9. The number of anilines is 3. The van der Waals surface area contributed by atoms with Crippen LogP contribution >= 0.6 is 0 Å². The van der Waals surface area contributed by atoms with Crippen LogP contribution in [0.2, 0.25) is 0 Å². The number of carbonyl (C=O) groups is 1. The van der Waals surface area contributed by atoms with Crippen molar-refractivity contribution in [2.75, 3.05) is 15.8 Å². The van der Waals surface area contributed by atoms with Gasteiger partial charge in [-0.25, -0.2) is 27.2 Å². The molecule has 0 bridgehead atoms. The predicted molar refractivity (Wildman–Crippen MR) is 141 cm³/mol. The molecule has 4 N–H and O–H groups in total. The summed E-state index contributed by atoms with van der Waals surface area (Å²) in [6.45, 7) is 3.42. The largest absolute Gasteiger partial charge is 0.345 e. The van der Waals surface area contributed by atoms with E-state index < -0.39 is 38.7 Å². The van der Waals surface area contributed by atoms with Crippen molar-refractivity contribution < 1.29 is 22.0 Å². The van der Waals surface area contributed by atoms with Gasteiger partial charge in [-0.15, -0.1) is 10.2 Å². The minimum absolute atomic E-state index is 0.110. The number of hydrogen-bond donors (Lipinski definition) is 4. The maximum atomic E-state index is 15.3. The molecule has 0 aliphatic heterocycles. The Morgan fingerprint density at radius 2 is 1.92 bits per heavy atom. The molecule has 5 rings (SSSR count). The van der Waals surface area contributed by atoms with E-state index in [9.17, 15) is 17.6 Å². The van der Waals surface area contributed by atoms with Crippen LogP contribution in [0.4, 0.5) is 26.0 Å². The first-order chi connectivity index (χ1) is 18.7. The lowest BCUT2D eigenvalue weighted by atomic mass is 10.0. The Hall–Kier alpha value is -4.72. The number of aromatic nitrogens is 6. The molecule has 0 fully saturated rings. The highest BCUT2D eigenvalue weighted by molar-refractivity contribution is 7.92. The number of benzene rings is 2. The fraction of sp³-hybridized carbons (Fsp3) is 0.160. The molecule has 2 aromatic carbocycles. The monoisotopic (exact) mass is 552 g/mol. The minimum Gasteiger partial charge on any atom is -0.345 e. The normalized spacial score (nSPS) is 11.6. The van der Waals surface area contributed by atoms with Gasteiger partial charge in [-0.05, 0) is 37.6 Å². The molecular weight excluding hydrogens is 530 g/mol. The van der Waals surface area contributed by atoms with E-state index in [1.54, 1.807) is 32.0 Å². The van der Waals surface area contributed by atoms with Gasteiger partial charge in [-0.2, -0.15) is 0 Å². The van der Waals surface area contributed by atoms with Crippen LogP contribution in [0.3, 0.4) is 0 Å². The van der Waals surface area contributed by atoms with Crippen molar-refractivity contribution in [3.05, 3.63) is 77.5 Å². The number of hydrogen-bond acceptors (Lipinski definition) is 8. The molecule has 11 nitrogen and oxygen atoms in total. The van der Waals surface area contributed by atoms with Crippen LogP contribution in [0.15, 0.2) is 48.9 Å². The molecular formula is C25H22F2N8O3S. The second-order valence-corrected chi connectivity index (χ2v) is 10.5. The number of nitrogens with one attached hydrogen (secondary N) is 4. The lowest BCUT2D eigenvalue weighted by Gasteiger charge is -2.12. The number of fused-ring (bicyclic) bond motifs is 1. The van der Waals surface area contributed by atoms with Gasteiger partial charge < -0.3 is 15.3 Å². The van der Waals surface area contributed by atoms with Crippen molar-refractivity contribution in [3.8, 4) is 11.4 Å². The summed E-state index contributed by atoms with van der Waals surface area (Å²) in [5.74, 6) is -2.34. The molecule has 0 aliphatic rings. The van der Waals surface area contributed by atoms with Crippen molar-refractivity contribution in [2.24, 2.45) is 0 Å². The zero-order valence-electron chi connectivity index (χ0n) is 20.7. The van der Waals surface area contributed by atoms with E-state index >= 15 is 4.39 Å². The molecule has 200 valence electrons. The van der Waals surface area contributed by atoms with Crippen molar-refractivity contribution in [1.29, 1.82) is 0 Å². The first-order valence-electron chi connectivity index (χ1n) is 11.8. The van der Waals surface area contributed by atoms with Crippen LogP contribution < -0.4 is 10.0 Å². The fourth-order valence-electron chi connectivity index (χ4n) is 4.06. The van der Waals surface area contributed by atoms with Gasteiger partial charge in [0.05, 0.1) is 28.0 Å². The molecule has 0 atom stereocenters. The van der Waals surface area contributed by atoms with E-state index in [0.29, 0.717) is 17.3 Å². The highest BCUT2D eigenvalue weighted by Gasteiger charge is 2.27. The van der Waals surface area contributed by atoms with Crippen molar-refractivity contribution in [1.82, 2.24) is 30.1 Å². The zero-order chi connectivity index (χ0) is 27.7. The Kier molecular flexibility index (Phi) is 6.78. The molecule has 0 spiro atoms. The number of ketones is 1. The van der Waals surface area contributed by atoms with Gasteiger partial charge in [-0.3, -0.25) is 9.52 Å². The van der Waals surface area contributed by atoms with E-state index in [4.69, 9.17) is 0 Å². The van der Waals surface area contributed by atoms with E-state index in [-0.39, 0.29) is 34.6 Å². The second kappa shape index (κ2) is 10.2. The quantitative estimate of drug-likeness (QED) is 0.195. The Labute approximate surface area is 221 Å². The third kappa shape index (κ3) is 5.18. The van der Waals surface area contributed by atoms with Gasteiger partial charge in [0.15, 0.2) is 11.6 Å². The average Bonchev–Trinajstić information content (AvgIpc) is 3.53. The fourth-order valence-corrected chi connectivity index (χ4v) is 5.19. The lowest BCUT2D eigenvalue weighted by Crippen LogP contribution is -2.18. The first kappa shape index (κ1) is 25.9. The van der Waals surface area contributed by atoms with Crippen LogP contribution in [-0.4, -0.2) is 50.1 Å². The third-order valence-corrected chi connectivity index (χ3v) is 7.25. The van der Waals surface area contributed by atoms with E-state index in [2.05, 4.69) is 40.2 Å². The number of carbonyl (C=O) groups excluding carboxylic acids is 1. The number of aromatic amines is 2. The Morgan fingerprint density at radius 1 is 1.10 bits per heavy atom. The summed E-state index contributed by atoms with van der Waals surface area (Å²) < 4.78 is 56.5. The Morgan fingerprint density at radius 3 is 2.67 bits per heavy atom. The van der Waals surface area contributed by atoms with E-state index in [0.717, 1.165) is 17.7 Å². The van der Waals surface area contributed by atoms with Crippen LogP contribution in [0, 0.1) is 18.6 Å². The smallest absolute Gasteiger partial charge is 0.232 e. The Bertz CT molecular complexity index is 1820. The summed E-state index contributed by atoms with van der Waals surface area (Å²) in [4.78, 5) is 27.7. The highest BCUT2D eigenvalue weighted by atomic mass is 32.2. The van der Waals surface area contributed by atoms with E-state index in [1.165, 1.54) is 12.5 Å². The van der Waals surface area contributed by atoms with Crippen molar-refractivity contribution >= 4 is 44.0 Å². The van der Waals surface area contributed by atoms with E-state index in [1.807, 2.05) is 6.07 Å². The SMILES string of the molecule is CCCS(=O)(=O)Nc1ccc(F)c(C(=O)c2c[nH]c3ncnc(Nc4cccc(-c5nnc(C)[nH]5)c4)c23)c1F. The number of nitrogens with zero attached hydrogens (tertiary/aromatic N) is 4. The number of H-pyrrole nitrogens is 2. The maximum absolute atomic E-state index is 15.3. The second-order valence-electron chi connectivity index (χ2n) is 8.65. The average molecular weight is 553 g/mol. The van der Waals surface area contributed by atoms with Crippen LogP contribution in [0.5, 0.6) is 0 Å². The summed E-state index contributed by atoms with van der Waals surface area (Å²) in [7, 11) is -3.89. The molecule has 3 heterocycles. The summed E-state index contributed by atoms with van der Waals surface area (Å²) in [5.41, 5.74) is 0.0285. The first-order valence-corrected chi connectivity index (χ1v) is 13.4. The molecule has 5 aromatic rings. The van der Waals surface area contributed by atoms with Gasteiger partial charge >= 0.3 is 0 Å². The predicted octanol–water partition coefficient (Wildman–Crippen LogP) is 4.46. The third-order valence-electron chi connectivity index (χ3n) is 5.77. The molecule has 14 heteroatoms. The molecule has 0 radical (unpaired) electrons. The van der Waals surface area contributed by atoms with Gasteiger partial charge in [0, 0.05) is 17.4 Å². The zero-order valence-corrected chi connectivity index (χ0v) is 21.5. The standard InChI is InChI=1S/C25H22F2N8O3S/c1-3-9-39(37,38)35-18-8-7-17(26)20(21(18)27)22(36)16-11-28-24-19(16)25(30-12-29-24)32-15-6-4-5-14(10-15)23-31-13(2)33-34-23/h4-8,10-12,35H,3,9H2,1-2H3,(H,31,33,34)(H2,28,29,30,32). The molecule has 0 saturated carbocycles. The summed E-state index contributed by atoms with van der Waals surface area (Å²) >= 11 is 0. The molecule has 0 saturated heterocycles.